The molecular weight excluding hydrogens is 1490 g/mol. The molecule has 15 heterocycles. The number of hydrogen-bond donors (Lipinski definition) is 6. The van der Waals surface area contributed by atoms with E-state index in [0.29, 0.717) is 88.6 Å². The zero-order chi connectivity index (χ0) is 73.9. The molecule has 552 valence electrons. The Labute approximate surface area is 623 Å². The molecule has 0 saturated carbocycles. The molecular formula is C68H59Cl4F3N26O7. The first-order valence-corrected chi connectivity index (χ1v) is 34.2. The number of nitrogen functional groups attached to an aromatic ring is 1. The molecule has 3 aromatic carbocycles. The molecule has 40 heteroatoms. The normalized spacial score (nSPS) is 15.4. The van der Waals surface area contributed by atoms with Crippen LogP contribution in [-0.2, 0) is 0 Å². The largest absolute Gasteiger partial charge is 0.412 e. The van der Waals surface area contributed by atoms with Gasteiger partial charge in [0.2, 0.25) is 5.95 Å². The molecule has 3 fully saturated rings. The van der Waals surface area contributed by atoms with Crippen LogP contribution in [0.25, 0.3) is 66.7 Å². The van der Waals surface area contributed by atoms with Crippen LogP contribution in [0.2, 0.25) is 20.2 Å². The van der Waals surface area contributed by atoms with Crippen molar-refractivity contribution in [2.45, 2.75) is 70.5 Å². The van der Waals surface area contributed by atoms with E-state index in [1.165, 1.54) is 94.8 Å². The van der Waals surface area contributed by atoms with Crippen molar-refractivity contribution in [3.05, 3.63) is 257 Å². The number of halogens is 7. The second-order valence-electron chi connectivity index (χ2n) is 24.5. The maximum Gasteiger partial charge on any atom is 0.284 e. The van der Waals surface area contributed by atoms with Crippen LogP contribution >= 0.6 is 46.4 Å². The summed E-state index contributed by atoms with van der Waals surface area (Å²) in [5, 5.41) is 18.9. The third kappa shape index (κ3) is 13.8. The van der Waals surface area contributed by atoms with Crippen molar-refractivity contribution >= 4 is 114 Å². The fourth-order valence-electron chi connectivity index (χ4n) is 13.4. The molecule has 1 unspecified atom stereocenters. The second-order valence-corrected chi connectivity index (χ2v) is 26.1. The predicted octanol–water partition coefficient (Wildman–Crippen LogP) is 7.90. The summed E-state index contributed by atoms with van der Waals surface area (Å²) >= 11 is 24.4. The van der Waals surface area contributed by atoms with E-state index in [4.69, 9.17) is 62.3 Å². The molecule has 0 bridgehead atoms. The zero-order valence-corrected chi connectivity index (χ0v) is 59.6. The van der Waals surface area contributed by atoms with Crippen LogP contribution in [0, 0.1) is 31.3 Å². The minimum atomic E-state index is -0.503. The number of hydrogen-bond acceptors (Lipinski definition) is 23. The molecule has 0 aliphatic carbocycles. The number of rotatable bonds is 8. The number of aromatic nitrogens is 21. The van der Waals surface area contributed by atoms with Gasteiger partial charge in [-0.1, -0.05) is 64.6 Å². The monoisotopic (exact) mass is 1550 g/mol. The number of nitrogens with two attached hydrogens (primary N) is 1. The van der Waals surface area contributed by atoms with Crippen LogP contribution in [-0.4, -0.2) is 127 Å². The van der Waals surface area contributed by atoms with Gasteiger partial charge >= 0.3 is 0 Å². The maximum absolute atomic E-state index is 14.2. The Morgan fingerprint density at radius 3 is 1.29 bits per heavy atom. The number of aryl methyl sites for hydroxylation is 2. The van der Waals surface area contributed by atoms with Crippen molar-refractivity contribution in [2.24, 2.45) is 0 Å². The molecule has 12 aromatic heterocycles. The van der Waals surface area contributed by atoms with E-state index < -0.39 is 46.2 Å². The lowest BCUT2D eigenvalue weighted by atomic mass is 10.2. The minimum Gasteiger partial charge on any atom is -0.412 e. The summed E-state index contributed by atoms with van der Waals surface area (Å²) in [5.74, 6) is 1.50. The van der Waals surface area contributed by atoms with Crippen molar-refractivity contribution in [3.8, 4) is 17.1 Å². The van der Waals surface area contributed by atoms with Gasteiger partial charge in [-0.05, 0) is 132 Å². The highest BCUT2D eigenvalue weighted by atomic mass is 35.5. The topological polar surface area (TPSA) is 444 Å². The van der Waals surface area contributed by atoms with Gasteiger partial charge in [-0.25, -0.2) is 61.6 Å². The summed E-state index contributed by atoms with van der Waals surface area (Å²) in [7, 11) is 0. The Hall–Kier alpha value is -12.2. The minimum absolute atomic E-state index is 0. The molecule has 108 heavy (non-hydrogen) atoms. The Balaban J connectivity index is 0.000000133. The van der Waals surface area contributed by atoms with Gasteiger partial charge in [0.05, 0.1) is 69.2 Å². The molecule has 3 saturated heterocycles. The number of nitrogens with one attached hydrogen (secondary N) is 4. The Morgan fingerprint density at radius 1 is 0.472 bits per heavy atom. The molecule has 33 nitrogen and oxygen atoms in total. The summed E-state index contributed by atoms with van der Waals surface area (Å²) in [4.78, 5) is 126. The standard InChI is InChI=1S/C23H18ClFN8O2.C22H17ClFN9O2.C16H14ClFN4O.C7H5ClN4O.H3N.H2O/c1-12-28-19-17(22(34)27-11-26-19)21(29-12)31-8-3-6-16(31)20-30-32-9-7-15(24)18(32)23(35)33(20)14-5-2-4-13(25)10-14;23-13-6-8-32-16(13)21(35)33(12-4-1-3-11(24)9-12)18(30-32)14-5-2-7-31(14)19-15-17(28-22(25)29-19)26-10-27-20(15)34;17-12-6-8-21-14(12)16(23)22(11-4-1-3-10(18)9-11)15(20-21)13-5-2-7-19-13;1-3-11-5(8)4-6(12-3)9-2-10-7(4)13;;/h2,4-5,7,9-11,16H,3,6,8H2,1H3,(H,26,27,28,29,34);1,3-4,6,8-10,14H,2,5,7H2,(H3,25,26,27,28,29,34);1,3-4,6,8-9,13,19H,2,5,7H2;2H,1H3,(H,9,10,11,12,13);1H3;1H2/t16-;14-;;;;/m00..../s1. The van der Waals surface area contributed by atoms with Gasteiger partial charge in [-0.15, -0.1) is 0 Å². The van der Waals surface area contributed by atoms with Crippen LogP contribution in [0.4, 0.5) is 30.8 Å². The number of aromatic amines is 3. The summed E-state index contributed by atoms with van der Waals surface area (Å²) in [6.07, 6.45) is 13.3. The van der Waals surface area contributed by atoms with Crippen LogP contribution in [0.15, 0.2) is 157 Å². The molecule has 3 atom stereocenters. The predicted molar refractivity (Wildman–Crippen MR) is 397 cm³/mol. The number of H-pyrrole nitrogens is 3. The van der Waals surface area contributed by atoms with Crippen molar-refractivity contribution in [1.29, 1.82) is 0 Å². The first kappa shape index (κ1) is 74.1. The highest BCUT2D eigenvalue weighted by Gasteiger charge is 2.37. The van der Waals surface area contributed by atoms with E-state index in [1.54, 1.807) is 74.9 Å². The summed E-state index contributed by atoms with van der Waals surface area (Å²) in [6, 6.07) is 21.2. The van der Waals surface area contributed by atoms with Crippen LogP contribution in [0.3, 0.4) is 0 Å². The quantitative estimate of drug-likeness (QED) is 0.0787. The summed E-state index contributed by atoms with van der Waals surface area (Å²) < 4.78 is 50.5. The fraction of sp³-hybridized carbons (Fsp3) is 0.206. The lowest BCUT2D eigenvalue weighted by Crippen LogP contribution is -2.34. The van der Waals surface area contributed by atoms with Gasteiger partial charge in [0.25, 0.3) is 33.4 Å². The summed E-state index contributed by atoms with van der Waals surface area (Å²) in [6.45, 7) is 5.36. The SMILES string of the molecule is Cc1nc(Cl)c2c(=O)[nH]cnc2n1.Cc1nc(N2CCC[C@H]2c2nn3ccc(Cl)c3c(=O)n2-c2cccc(F)c2)c2c(=O)[nH]cnc2n1.N.Nc1nc(N2CCC[C@H]2c2nn3ccc(Cl)c3c(=O)n2-c2cccc(F)c2)c2c(=O)[nH]cnc2n1.O.O=c1c2c(Cl)ccn2nc(C2CCCN2)n1-c1cccc(F)c1. The van der Waals surface area contributed by atoms with Crippen LogP contribution in [0.5, 0.6) is 0 Å². The lowest BCUT2D eigenvalue weighted by Gasteiger charge is -2.28. The highest BCUT2D eigenvalue weighted by Crippen LogP contribution is 2.40. The Morgan fingerprint density at radius 2 is 0.861 bits per heavy atom. The van der Waals surface area contributed by atoms with E-state index in [9.17, 15) is 41.9 Å². The molecule has 11 N–H and O–H groups in total. The third-order valence-corrected chi connectivity index (χ3v) is 19.0. The first-order valence-electron chi connectivity index (χ1n) is 32.7. The maximum atomic E-state index is 14.2. The van der Waals surface area contributed by atoms with E-state index in [-0.39, 0.29) is 105 Å². The van der Waals surface area contributed by atoms with Crippen molar-refractivity contribution in [3.63, 3.8) is 0 Å². The zero-order valence-electron chi connectivity index (χ0n) is 56.5. The molecule has 3 aliphatic rings. The van der Waals surface area contributed by atoms with Gasteiger partial charge in [0, 0.05) is 31.7 Å². The molecule has 18 rings (SSSR count). The first-order chi connectivity index (χ1) is 51.2. The fourth-order valence-corrected chi connectivity index (χ4v) is 14.3. The van der Waals surface area contributed by atoms with Crippen molar-refractivity contribution in [2.75, 3.05) is 35.2 Å². The second kappa shape index (κ2) is 30.3. The number of fused-ring (bicyclic) bond motifs is 6. The molecule has 0 radical (unpaired) electrons. The molecule has 15 aromatic rings. The Kier molecular flexibility index (Phi) is 20.8. The number of anilines is 3. The van der Waals surface area contributed by atoms with E-state index >= 15 is 0 Å². The van der Waals surface area contributed by atoms with E-state index in [2.05, 4.69) is 70.2 Å². The van der Waals surface area contributed by atoms with Crippen molar-refractivity contribution < 1.29 is 18.6 Å². The van der Waals surface area contributed by atoms with Gasteiger partial charge < -0.3 is 47.4 Å². The molecule has 0 amide bonds. The molecule has 3 aliphatic heterocycles. The smallest absolute Gasteiger partial charge is 0.284 e. The van der Waals surface area contributed by atoms with Gasteiger partial charge in [-0.3, -0.25) is 42.5 Å². The summed E-state index contributed by atoms with van der Waals surface area (Å²) in [5.41, 5.74) is 6.14. The van der Waals surface area contributed by atoms with Crippen LogP contribution in [0.1, 0.15) is 85.8 Å². The molecule has 0 spiro atoms. The van der Waals surface area contributed by atoms with Gasteiger partial charge in [-0.2, -0.15) is 25.3 Å². The Bertz CT molecular complexity index is 6160. The van der Waals surface area contributed by atoms with Gasteiger partial charge in [0.15, 0.2) is 34.4 Å². The third-order valence-electron chi connectivity index (χ3n) is 17.9. The number of nitrogens with zero attached hydrogens (tertiary/aromatic N) is 20. The van der Waals surface area contributed by atoms with Crippen molar-refractivity contribution in [1.82, 2.24) is 114 Å². The highest BCUT2D eigenvalue weighted by molar-refractivity contribution is 6.35. The van der Waals surface area contributed by atoms with E-state index in [0.717, 1.165) is 32.2 Å². The van der Waals surface area contributed by atoms with E-state index in [1.807, 2.05) is 9.80 Å². The average Bonchev–Trinajstić information content (AvgIpc) is 1.49. The number of benzene rings is 3. The lowest BCUT2D eigenvalue weighted by molar-refractivity contribution is 0.558. The van der Waals surface area contributed by atoms with Gasteiger partial charge in [0.1, 0.15) is 78.6 Å². The van der Waals surface area contributed by atoms with Crippen LogP contribution < -0.4 is 60.4 Å². The average molecular weight is 1550 g/mol.